The van der Waals surface area contributed by atoms with Crippen molar-refractivity contribution in [1.82, 2.24) is 4.98 Å². The average molecular weight is 275 g/mol. The van der Waals surface area contributed by atoms with E-state index in [0.717, 1.165) is 29.5 Å². The van der Waals surface area contributed by atoms with Crippen LogP contribution in [0.3, 0.4) is 0 Å². The lowest BCUT2D eigenvalue weighted by Crippen LogP contribution is -2.28. The molecule has 20 heavy (non-hydrogen) atoms. The Balaban J connectivity index is 1.92. The molecule has 1 fully saturated rings. The third-order valence-electron chi connectivity index (χ3n) is 3.60. The van der Waals surface area contributed by atoms with Crippen LogP contribution in [0.4, 0.5) is 11.5 Å². The van der Waals surface area contributed by atoms with E-state index in [0.29, 0.717) is 0 Å². The lowest BCUT2D eigenvalue weighted by atomic mass is 9.95. The van der Waals surface area contributed by atoms with E-state index in [4.69, 9.17) is 0 Å². The second-order valence-corrected chi connectivity index (χ2v) is 6.75. The molecule has 0 spiro atoms. The number of nitrogens with one attached hydrogen (secondary N) is 2. The van der Waals surface area contributed by atoms with Crippen LogP contribution in [0.25, 0.3) is 0 Å². The highest BCUT2D eigenvalue weighted by molar-refractivity contribution is 5.95. The van der Waals surface area contributed by atoms with Crippen LogP contribution in [0.5, 0.6) is 0 Å². The van der Waals surface area contributed by atoms with Crippen molar-refractivity contribution < 1.29 is 4.79 Å². The Hall–Kier alpha value is -1.58. The predicted octanol–water partition coefficient (Wildman–Crippen LogP) is 3.59. The SMILES string of the molecule is Cc1cc(NCCC2CC2)ncc1NC(=O)C(C)(C)C. The summed E-state index contributed by atoms with van der Waals surface area (Å²) in [4.78, 5) is 16.3. The molecule has 1 aliphatic carbocycles. The van der Waals surface area contributed by atoms with Gasteiger partial charge in [0.25, 0.3) is 0 Å². The minimum absolute atomic E-state index is 0.0110. The zero-order valence-electron chi connectivity index (χ0n) is 12.9. The summed E-state index contributed by atoms with van der Waals surface area (Å²) in [5, 5.41) is 6.28. The third-order valence-corrected chi connectivity index (χ3v) is 3.60. The van der Waals surface area contributed by atoms with E-state index in [1.54, 1.807) is 6.20 Å². The first kappa shape index (κ1) is 14.8. The molecular formula is C16H25N3O. The van der Waals surface area contributed by atoms with Crippen molar-refractivity contribution in [2.75, 3.05) is 17.2 Å². The first-order valence-corrected chi connectivity index (χ1v) is 7.38. The van der Waals surface area contributed by atoms with Gasteiger partial charge in [0.1, 0.15) is 5.82 Å². The van der Waals surface area contributed by atoms with Gasteiger partial charge in [0, 0.05) is 12.0 Å². The molecule has 0 aromatic carbocycles. The topological polar surface area (TPSA) is 54.0 Å². The maximum atomic E-state index is 12.0. The number of carbonyl (C=O) groups is 1. The van der Waals surface area contributed by atoms with Crippen molar-refractivity contribution in [3.8, 4) is 0 Å². The quantitative estimate of drug-likeness (QED) is 0.863. The average Bonchev–Trinajstić information content (AvgIpc) is 3.15. The van der Waals surface area contributed by atoms with Gasteiger partial charge < -0.3 is 10.6 Å². The summed E-state index contributed by atoms with van der Waals surface area (Å²) in [5.74, 6) is 1.82. The molecule has 1 saturated carbocycles. The normalized spacial score (nSPS) is 15.0. The van der Waals surface area contributed by atoms with Crippen molar-refractivity contribution in [2.24, 2.45) is 11.3 Å². The molecule has 1 amide bonds. The summed E-state index contributed by atoms with van der Waals surface area (Å²) in [6.45, 7) is 8.67. The number of rotatable bonds is 5. The molecule has 0 aliphatic heterocycles. The van der Waals surface area contributed by atoms with Gasteiger partial charge in [-0.2, -0.15) is 0 Å². The Morgan fingerprint density at radius 2 is 2.10 bits per heavy atom. The fourth-order valence-corrected chi connectivity index (χ4v) is 1.90. The van der Waals surface area contributed by atoms with Gasteiger partial charge in [-0.25, -0.2) is 4.98 Å². The van der Waals surface area contributed by atoms with E-state index >= 15 is 0 Å². The van der Waals surface area contributed by atoms with Gasteiger partial charge in [0.2, 0.25) is 5.91 Å². The van der Waals surface area contributed by atoms with Crippen molar-refractivity contribution in [3.63, 3.8) is 0 Å². The zero-order chi connectivity index (χ0) is 14.8. The fourth-order valence-electron chi connectivity index (χ4n) is 1.90. The molecule has 0 bridgehead atoms. The second-order valence-electron chi connectivity index (χ2n) is 6.75. The molecule has 2 N–H and O–H groups in total. The molecule has 110 valence electrons. The zero-order valence-corrected chi connectivity index (χ0v) is 12.9. The van der Waals surface area contributed by atoms with Crippen LogP contribution < -0.4 is 10.6 Å². The van der Waals surface area contributed by atoms with Crippen LogP contribution in [0.1, 0.15) is 45.6 Å². The monoisotopic (exact) mass is 275 g/mol. The smallest absolute Gasteiger partial charge is 0.229 e. The van der Waals surface area contributed by atoms with E-state index < -0.39 is 5.41 Å². The second kappa shape index (κ2) is 5.81. The van der Waals surface area contributed by atoms with Gasteiger partial charge >= 0.3 is 0 Å². The highest BCUT2D eigenvalue weighted by Crippen LogP contribution is 2.32. The first-order chi connectivity index (χ1) is 9.36. The first-order valence-electron chi connectivity index (χ1n) is 7.38. The summed E-state index contributed by atoms with van der Waals surface area (Å²) in [6, 6.07) is 1.99. The maximum absolute atomic E-state index is 12.0. The number of amides is 1. The minimum Gasteiger partial charge on any atom is -0.370 e. The number of anilines is 2. The Morgan fingerprint density at radius 3 is 2.65 bits per heavy atom. The fraction of sp³-hybridized carbons (Fsp3) is 0.625. The summed E-state index contributed by atoms with van der Waals surface area (Å²) < 4.78 is 0. The van der Waals surface area contributed by atoms with Crippen LogP contribution in [-0.2, 0) is 4.79 Å². The number of hydrogen-bond acceptors (Lipinski definition) is 3. The molecule has 0 unspecified atom stereocenters. The highest BCUT2D eigenvalue weighted by Gasteiger charge is 2.22. The summed E-state index contributed by atoms with van der Waals surface area (Å²) >= 11 is 0. The summed E-state index contributed by atoms with van der Waals surface area (Å²) in [5.41, 5.74) is 1.43. The highest BCUT2D eigenvalue weighted by atomic mass is 16.2. The Kier molecular flexibility index (Phi) is 4.31. The molecule has 4 heteroatoms. The van der Waals surface area contributed by atoms with Gasteiger partial charge in [-0.15, -0.1) is 0 Å². The van der Waals surface area contributed by atoms with E-state index in [2.05, 4.69) is 15.6 Å². The van der Waals surface area contributed by atoms with Crippen molar-refractivity contribution in [1.29, 1.82) is 0 Å². The molecule has 1 aromatic heterocycles. The number of aromatic nitrogens is 1. The molecule has 0 atom stereocenters. The Morgan fingerprint density at radius 1 is 1.40 bits per heavy atom. The van der Waals surface area contributed by atoms with Crippen LogP contribution in [0, 0.1) is 18.3 Å². The van der Waals surface area contributed by atoms with Crippen molar-refractivity contribution in [3.05, 3.63) is 17.8 Å². The number of hydrogen-bond donors (Lipinski definition) is 2. The predicted molar refractivity (Wildman–Crippen MR) is 82.9 cm³/mol. The number of pyridine rings is 1. The van der Waals surface area contributed by atoms with E-state index in [9.17, 15) is 4.79 Å². The van der Waals surface area contributed by atoms with Crippen molar-refractivity contribution in [2.45, 2.75) is 47.0 Å². The molecule has 4 nitrogen and oxygen atoms in total. The standard InChI is InChI=1S/C16H25N3O/c1-11-9-14(17-8-7-12-5-6-12)18-10-13(11)19-15(20)16(2,3)4/h9-10,12H,5-8H2,1-4H3,(H,17,18)(H,19,20). The molecule has 1 heterocycles. The van der Waals surface area contributed by atoms with Gasteiger partial charge in [0.05, 0.1) is 11.9 Å². The lowest BCUT2D eigenvalue weighted by Gasteiger charge is -2.18. The molecule has 1 aliphatic rings. The van der Waals surface area contributed by atoms with E-state index in [-0.39, 0.29) is 5.91 Å². The summed E-state index contributed by atoms with van der Waals surface area (Å²) in [6.07, 6.45) is 5.72. The van der Waals surface area contributed by atoms with Crippen LogP contribution in [-0.4, -0.2) is 17.4 Å². The van der Waals surface area contributed by atoms with E-state index in [1.165, 1.54) is 19.3 Å². The van der Waals surface area contributed by atoms with Crippen LogP contribution in [0.2, 0.25) is 0 Å². The van der Waals surface area contributed by atoms with Gasteiger partial charge in [-0.3, -0.25) is 4.79 Å². The lowest BCUT2D eigenvalue weighted by molar-refractivity contribution is -0.123. The Labute approximate surface area is 121 Å². The summed E-state index contributed by atoms with van der Waals surface area (Å²) in [7, 11) is 0. The maximum Gasteiger partial charge on any atom is 0.229 e. The largest absolute Gasteiger partial charge is 0.370 e. The van der Waals surface area contributed by atoms with Crippen molar-refractivity contribution >= 4 is 17.4 Å². The number of aryl methyl sites for hydroxylation is 1. The third kappa shape index (κ3) is 4.22. The van der Waals surface area contributed by atoms with Gasteiger partial charge in [0.15, 0.2) is 0 Å². The molecular weight excluding hydrogens is 250 g/mol. The number of carbonyl (C=O) groups excluding carboxylic acids is 1. The Bertz CT molecular complexity index is 487. The van der Waals surface area contributed by atoms with Gasteiger partial charge in [-0.1, -0.05) is 33.6 Å². The molecule has 0 radical (unpaired) electrons. The molecule has 1 aromatic rings. The minimum atomic E-state index is -0.395. The van der Waals surface area contributed by atoms with Crippen LogP contribution >= 0.6 is 0 Å². The van der Waals surface area contributed by atoms with Gasteiger partial charge in [-0.05, 0) is 30.9 Å². The molecule has 0 saturated heterocycles. The molecule has 2 rings (SSSR count). The van der Waals surface area contributed by atoms with Crippen LogP contribution in [0.15, 0.2) is 12.3 Å². The van der Waals surface area contributed by atoms with E-state index in [1.807, 2.05) is 33.8 Å². The number of nitrogens with zero attached hydrogens (tertiary/aromatic N) is 1.